The molecule has 0 spiro atoms. The Morgan fingerprint density at radius 1 is 1.27 bits per heavy atom. The van der Waals surface area contributed by atoms with Crippen molar-refractivity contribution in [1.82, 2.24) is 5.32 Å². The summed E-state index contributed by atoms with van der Waals surface area (Å²) in [6, 6.07) is 13.0. The molecule has 2 aromatic rings. The number of hydrogen-bond donors (Lipinski definition) is 1. The van der Waals surface area contributed by atoms with Crippen molar-refractivity contribution in [3.63, 3.8) is 0 Å². The van der Waals surface area contributed by atoms with Gasteiger partial charge in [-0.25, -0.2) is 0 Å². The predicted molar refractivity (Wildman–Crippen MR) is 75.2 cm³/mol. The van der Waals surface area contributed by atoms with Gasteiger partial charge in [-0.1, -0.05) is 12.1 Å². The molecule has 1 heterocycles. The second kappa shape index (κ2) is 5.09. The van der Waals surface area contributed by atoms with E-state index >= 15 is 0 Å². The zero-order valence-corrected chi connectivity index (χ0v) is 11.4. The summed E-state index contributed by atoms with van der Waals surface area (Å²) in [5, 5.41) is 3.17. The lowest BCUT2D eigenvalue weighted by atomic mass is 10.2. The Hall–Kier alpha value is -0.390. The van der Waals surface area contributed by atoms with Crippen LogP contribution in [-0.2, 0) is 6.54 Å². The molecule has 2 rings (SSSR count). The molecule has 3 heteroatoms. The van der Waals surface area contributed by atoms with Crippen LogP contribution in [0.2, 0.25) is 0 Å². The smallest absolute Gasteiger partial charge is 0.0346 e. The molecular formula is C12H12INS. The summed E-state index contributed by atoms with van der Waals surface area (Å²) in [4.78, 5) is 2.73. The van der Waals surface area contributed by atoms with Crippen LogP contribution in [0.4, 0.5) is 0 Å². The molecule has 0 aliphatic rings. The fourth-order valence-electron chi connectivity index (χ4n) is 1.44. The second-order valence-electron chi connectivity index (χ2n) is 3.31. The van der Waals surface area contributed by atoms with Crippen LogP contribution in [0.1, 0.15) is 4.88 Å². The lowest BCUT2D eigenvalue weighted by molar-refractivity contribution is 0.831. The molecule has 0 unspecified atom stereocenters. The van der Waals surface area contributed by atoms with Gasteiger partial charge in [0.15, 0.2) is 0 Å². The van der Waals surface area contributed by atoms with Gasteiger partial charge >= 0.3 is 0 Å². The minimum atomic E-state index is 0.953. The van der Waals surface area contributed by atoms with Crippen molar-refractivity contribution in [2.24, 2.45) is 0 Å². The van der Waals surface area contributed by atoms with E-state index in [4.69, 9.17) is 0 Å². The normalized spacial score (nSPS) is 10.5. The van der Waals surface area contributed by atoms with Crippen molar-refractivity contribution in [3.05, 3.63) is 44.8 Å². The molecule has 1 aromatic heterocycles. The number of hydrogen-bond acceptors (Lipinski definition) is 2. The maximum atomic E-state index is 3.17. The molecule has 0 amide bonds. The largest absolute Gasteiger partial charge is 0.315 e. The number of rotatable bonds is 3. The molecular weight excluding hydrogens is 317 g/mol. The van der Waals surface area contributed by atoms with E-state index in [1.165, 1.54) is 18.9 Å². The highest BCUT2D eigenvalue weighted by molar-refractivity contribution is 14.1. The third-order valence-electron chi connectivity index (χ3n) is 2.12. The van der Waals surface area contributed by atoms with E-state index in [0.717, 1.165) is 6.54 Å². The minimum Gasteiger partial charge on any atom is -0.315 e. The first kappa shape index (κ1) is 11.1. The molecule has 1 aromatic carbocycles. The molecule has 0 radical (unpaired) electrons. The highest BCUT2D eigenvalue weighted by atomic mass is 127. The first-order valence-electron chi connectivity index (χ1n) is 4.79. The molecule has 1 nitrogen and oxygen atoms in total. The van der Waals surface area contributed by atoms with Crippen LogP contribution in [0.15, 0.2) is 36.4 Å². The van der Waals surface area contributed by atoms with E-state index in [0.29, 0.717) is 0 Å². The summed E-state index contributed by atoms with van der Waals surface area (Å²) in [6.45, 7) is 0.953. The van der Waals surface area contributed by atoms with Gasteiger partial charge in [0.05, 0.1) is 0 Å². The van der Waals surface area contributed by atoms with Gasteiger partial charge in [-0.15, -0.1) is 11.3 Å². The summed E-state index contributed by atoms with van der Waals surface area (Å²) < 4.78 is 1.29. The fraction of sp³-hybridized carbons (Fsp3) is 0.167. The van der Waals surface area contributed by atoms with E-state index in [-0.39, 0.29) is 0 Å². The maximum absolute atomic E-state index is 3.17. The van der Waals surface area contributed by atoms with Gasteiger partial charge < -0.3 is 5.32 Å². The molecule has 0 fully saturated rings. The quantitative estimate of drug-likeness (QED) is 0.846. The third-order valence-corrected chi connectivity index (χ3v) is 3.93. The molecule has 78 valence electrons. The molecule has 15 heavy (non-hydrogen) atoms. The van der Waals surface area contributed by atoms with Crippen LogP contribution in [-0.4, -0.2) is 7.05 Å². The number of halogens is 1. The number of benzene rings is 1. The van der Waals surface area contributed by atoms with Gasteiger partial charge in [0.25, 0.3) is 0 Å². The Morgan fingerprint density at radius 2 is 2.13 bits per heavy atom. The Bertz CT molecular complexity index is 450. The van der Waals surface area contributed by atoms with Crippen molar-refractivity contribution in [3.8, 4) is 10.4 Å². The van der Waals surface area contributed by atoms with Gasteiger partial charge in [0, 0.05) is 19.9 Å². The molecule has 0 bridgehead atoms. The SMILES string of the molecule is CNCc1ccc(-c2cccc(I)c2)s1. The second-order valence-corrected chi connectivity index (χ2v) is 5.72. The first-order valence-corrected chi connectivity index (χ1v) is 6.68. The van der Waals surface area contributed by atoms with Gasteiger partial charge in [-0.2, -0.15) is 0 Å². The average molecular weight is 329 g/mol. The molecule has 1 N–H and O–H groups in total. The van der Waals surface area contributed by atoms with E-state index in [1.807, 2.05) is 18.4 Å². The predicted octanol–water partition coefficient (Wildman–Crippen LogP) is 3.74. The van der Waals surface area contributed by atoms with Gasteiger partial charge in [-0.3, -0.25) is 0 Å². The van der Waals surface area contributed by atoms with Gasteiger partial charge in [-0.05, 0) is 59.5 Å². The molecule has 0 saturated heterocycles. The van der Waals surface area contributed by atoms with E-state index < -0.39 is 0 Å². The van der Waals surface area contributed by atoms with E-state index in [1.54, 1.807) is 0 Å². The Balaban J connectivity index is 2.29. The van der Waals surface area contributed by atoms with Crippen LogP contribution >= 0.6 is 33.9 Å². The Kier molecular flexibility index (Phi) is 3.77. The fourth-order valence-corrected chi connectivity index (χ4v) is 3.00. The van der Waals surface area contributed by atoms with Gasteiger partial charge in [0.2, 0.25) is 0 Å². The van der Waals surface area contributed by atoms with E-state index in [2.05, 4.69) is 64.3 Å². The van der Waals surface area contributed by atoms with Crippen molar-refractivity contribution < 1.29 is 0 Å². The highest BCUT2D eigenvalue weighted by Gasteiger charge is 2.02. The van der Waals surface area contributed by atoms with Crippen molar-refractivity contribution >= 4 is 33.9 Å². The van der Waals surface area contributed by atoms with Crippen molar-refractivity contribution in [1.29, 1.82) is 0 Å². The van der Waals surface area contributed by atoms with Crippen molar-refractivity contribution in [2.45, 2.75) is 6.54 Å². The molecule has 0 atom stereocenters. The Morgan fingerprint density at radius 3 is 2.87 bits per heavy atom. The lowest BCUT2D eigenvalue weighted by Gasteiger charge is -1.97. The van der Waals surface area contributed by atoms with Crippen LogP contribution in [0.3, 0.4) is 0 Å². The Labute approximate surface area is 108 Å². The van der Waals surface area contributed by atoms with Crippen LogP contribution in [0, 0.1) is 3.57 Å². The minimum absolute atomic E-state index is 0.953. The topological polar surface area (TPSA) is 12.0 Å². The molecule has 0 aliphatic carbocycles. The van der Waals surface area contributed by atoms with Crippen LogP contribution in [0.25, 0.3) is 10.4 Å². The first-order chi connectivity index (χ1) is 7.29. The van der Waals surface area contributed by atoms with Crippen LogP contribution < -0.4 is 5.32 Å². The number of thiophene rings is 1. The average Bonchev–Trinajstić information content (AvgIpc) is 2.67. The zero-order chi connectivity index (χ0) is 10.7. The summed E-state index contributed by atoms with van der Waals surface area (Å²) in [5.41, 5.74) is 1.31. The zero-order valence-electron chi connectivity index (χ0n) is 8.46. The van der Waals surface area contributed by atoms with Crippen molar-refractivity contribution in [2.75, 3.05) is 7.05 Å². The standard InChI is InChI=1S/C12H12INS/c1-14-8-11-5-6-12(15-11)9-3-2-4-10(13)7-9/h2-7,14H,8H2,1H3. The maximum Gasteiger partial charge on any atom is 0.0346 e. The highest BCUT2D eigenvalue weighted by Crippen LogP contribution is 2.28. The summed E-state index contributed by atoms with van der Waals surface area (Å²) >= 11 is 4.20. The summed E-state index contributed by atoms with van der Waals surface area (Å²) in [5.74, 6) is 0. The molecule has 0 aliphatic heterocycles. The van der Waals surface area contributed by atoms with Crippen LogP contribution in [0.5, 0.6) is 0 Å². The van der Waals surface area contributed by atoms with E-state index in [9.17, 15) is 0 Å². The summed E-state index contributed by atoms with van der Waals surface area (Å²) in [7, 11) is 1.98. The third kappa shape index (κ3) is 2.80. The lowest BCUT2D eigenvalue weighted by Crippen LogP contribution is -2.02. The monoisotopic (exact) mass is 329 g/mol. The van der Waals surface area contributed by atoms with Gasteiger partial charge in [0.1, 0.15) is 0 Å². The number of nitrogens with one attached hydrogen (secondary N) is 1. The molecule has 0 saturated carbocycles. The summed E-state index contributed by atoms with van der Waals surface area (Å²) in [6.07, 6.45) is 0.